The molecule has 1 aromatic carbocycles. The van der Waals surface area contributed by atoms with E-state index in [9.17, 15) is 9.59 Å². The number of carbonyl (C=O) groups is 2. The van der Waals surface area contributed by atoms with Gasteiger partial charge in [-0.25, -0.2) is 0 Å². The Balaban J connectivity index is 2.54. The van der Waals surface area contributed by atoms with Crippen molar-refractivity contribution in [1.29, 1.82) is 0 Å². The van der Waals surface area contributed by atoms with Gasteiger partial charge < -0.3 is 15.4 Å². The fourth-order valence-corrected chi connectivity index (χ4v) is 1.37. The molecule has 0 aliphatic heterocycles. The van der Waals surface area contributed by atoms with E-state index in [4.69, 9.17) is 4.74 Å². The lowest BCUT2D eigenvalue weighted by Gasteiger charge is -2.17. The standard InChI is InChI=1S/C14H20N2O3/c1-14(2,3)13(18)15-9-12(17)16-10-7-5-6-8-11(10)19-4/h5-8H,9H2,1-4H3,(H,15,18)(H,16,17). The number of rotatable bonds is 4. The quantitative estimate of drug-likeness (QED) is 0.871. The zero-order chi connectivity index (χ0) is 14.5. The van der Waals surface area contributed by atoms with Crippen molar-refractivity contribution in [3.63, 3.8) is 0 Å². The average molecular weight is 264 g/mol. The molecule has 2 amide bonds. The highest BCUT2D eigenvalue weighted by atomic mass is 16.5. The maximum Gasteiger partial charge on any atom is 0.243 e. The second-order valence-corrected chi connectivity index (χ2v) is 5.18. The van der Waals surface area contributed by atoms with Crippen molar-refractivity contribution in [2.24, 2.45) is 5.41 Å². The first-order chi connectivity index (χ1) is 8.84. The summed E-state index contributed by atoms with van der Waals surface area (Å²) in [5.74, 6) is 0.128. The summed E-state index contributed by atoms with van der Waals surface area (Å²) in [5, 5.41) is 5.28. The molecule has 0 unspecified atom stereocenters. The maximum atomic E-state index is 11.7. The minimum atomic E-state index is -0.509. The van der Waals surface area contributed by atoms with Gasteiger partial charge in [0, 0.05) is 5.41 Å². The molecule has 0 fully saturated rings. The van der Waals surface area contributed by atoms with Crippen LogP contribution in [0.5, 0.6) is 5.75 Å². The molecule has 104 valence electrons. The van der Waals surface area contributed by atoms with Gasteiger partial charge in [-0.15, -0.1) is 0 Å². The first-order valence-electron chi connectivity index (χ1n) is 6.06. The van der Waals surface area contributed by atoms with Crippen LogP contribution in [0.1, 0.15) is 20.8 Å². The van der Waals surface area contributed by atoms with Gasteiger partial charge in [-0.1, -0.05) is 32.9 Å². The normalized spacial score (nSPS) is 10.7. The van der Waals surface area contributed by atoms with Crippen LogP contribution in [-0.2, 0) is 9.59 Å². The van der Waals surface area contributed by atoms with E-state index in [1.54, 1.807) is 39.0 Å². The Morgan fingerprint density at radius 1 is 1.21 bits per heavy atom. The smallest absolute Gasteiger partial charge is 0.243 e. The number of carbonyl (C=O) groups excluding carboxylic acids is 2. The van der Waals surface area contributed by atoms with Crippen LogP contribution in [0.15, 0.2) is 24.3 Å². The number of anilines is 1. The first-order valence-corrected chi connectivity index (χ1v) is 6.06. The molecule has 5 heteroatoms. The minimum absolute atomic E-state index is 0.0614. The molecule has 0 aromatic heterocycles. The van der Waals surface area contributed by atoms with Crippen molar-refractivity contribution in [3.05, 3.63) is 24.3 Å². The Bertz CT molecular complexity index is 464. The van der Waals surface area contributed by atoms with E-state index in [-0.39, 0.29) is 18.4 Å². The van der Waals surface area contributed by atoms with E-state index in [0.29, 0.717) is 11.4 Å². The van der Waals surface area contributed by atoms with E-state index in [1.165, 1.54) is 7.11 Å². The average Bonchev–Trinajstić information content (AvgIpc) is 2.35. The lowest BCUT2D eigenvalue weighted by Crippen LogP contribution is -2.39. The van der Waals surface area contributed by atoms with Crippen LogP contribution < -0.4 is 15.4 Å². The van der Waals surface area contributed by atoms with Gasteiger partial charge in [0.15, 0.2) is 0 Å². The largest absolute Gasteiger partial charge is 0.495 e. The molecule has 0 radical (unpaired) electrons. The summed E-state index contributed by atoms with van der Waals surface area (Å²) in [6.07, 6.45) is 0. The van der Waals surface area contributed by atoms with Crippen LogP contribution in [0.25, 0.3) is 0 Å². The summed E-state index contributed by atoms with van der Waals surface area (Å²) in [7, 11) is 1.53. The highest BCUT2D eigenvalue weighted by molar-refractivity contribution is 5.96. The second-order valence-electron chi connectivity index (χ2n) is 5.18. The van der Waals surface area contributed by atoms with E-state index in [1.807, 2.05) is 6.07 Å². The third-order valence-corrected chi connectivity index (χ3v) is 2.47. The van der Waals surface area contributed by atoms with E-state index < -0.39 is 5.41 Å². The monoisotopic (exact) mass is 264 g/mol. The lowest BCUT2D eigenvalue weighted by atomic mass is 9.96. The number of para-hydroxylation sites is 2. The molecule has 0 aliphatic rings. The number of benzene rings is 1. The number of hydrogen-bond acceptors (Lipinski definition) is 3. The molecule has 5 nitrogen and oxygen atoms in total. The third-order valence-electron chi connectivity index (χ3n) is 2.47. The summed E-state index contributed by atoms with van der Waals surface area (Å²) >= 11 is 0. The van der Waals surface area contributed by atoms with Crippen molar-refractivity contribution in [2.45, 2.75) is 20.8 Å². The minimum Gasteiger partial charge on any atom is -0.495 e. The number of ether oxygens (including phenoxy) is 1. The molecule has 0 bridgehead atoms. The first kappa shape index (κ1) is 15.0. The predicted molar refractivity (Wildman–Crippen MR) is 74.1 cm³/mol. The zero-order valence-electron chi connectivity index (χ0n) is 11.7. The summed E-state index contributed by atoms with van der Waals surface area (Å²) in [6.45, 7) is 5.32. The molecular formula is C14H20N2O3. The SMILES string of the molecule is COc1ccccc1NC(=O)CNC(=O)C(C)(C)C. The molecule has 1 rings (SSSR count). The summed E-state index contributed by atoms with van der Waals surface area (Å²) in [6, 6.07) is 7.10. The van der Waals surface area contributed by atoms with Crippen LogP contribution >= 0.6 is 0 Å². The van der Waals surface area contributed by atoms with Crippen LogP contribution in [-0.4, -0.2) is 25.5 Å². The Kier molecular flexibility index (Phi) is 4.92. The Hall–Kier alpha value is -2.04. The van der Waals surface area contributed by atoms with Crippen LogP contribution in [0.2, 0.25) is 0 Å². The summed E-state index contributed by atoms with van der Waals surface area (Å²) < 4.78 is 5.12. The van der Waals surface area contributed by atoms with Gasteiger partial charge in [0.1, 0.15) is 5.75 Å². The van der Waals surface area contributed by atoms with E-state index in [2.05, 4.69) is 10.6 Å². The molecule has 0 spiro atoms. The maximum absolute atomic E-state index is 11.7. The molecule has 0 heterocycles. The van der Waals surface area contributed by atoms with Gasteiger partial charge in [0.25, 0.3) is 0 Å². The van der Waals surface area contributed by atoms with Crippen molar-refractivity contribution < 1.29 is 14.3 Å². The van der Waals surface area contributed by atoms with E-state index >= 15 is 0 Å². The lowest BCUT2D eigenvalue weighted by molar-refractivity contribution is -0.130. The number of methoxy groups -OCH3 is 1. The van der Waals surface area contributed by atoms with Crippen molar-refractivity contribution >= 4 is 17.5 Å². The third kappa shape index (κ3) is 4.62. The fourth-order valence-electron chi connectivity index (χ4n) is 1.37. The molecule has 19 heavy (non-hydrogen) atoms. The van der Waals surface area contributed by atoms with E-state index in [0.717, 1.165) is 0 Å². The highest BCUT2D eigenvalue weighted by Gasteiger charge is 2.21. The number of nitrogens with one attached hydrogen (secondary N) is 2. The molecular weight excluding hydrogens is 244 g/mol. The topological polar surface area (TPSA) is 67.4 Å². The van der Waals surface area contributed by atoms with Gasteiger partial charge in [-0.2, -0.15) is 0 Å². The number of amides is 2. The Morgan fingerprint density at radius 3 is 2.42 bits per heavy atom. The van der Waals surface area contributed by atoms with Crippen molar-refractivity contribution in [3.8, 4) is 5.75 Å². The second kappa shape index (κ2) is 6.22. The van der Waals surface area contributed by atoms with Gasteiger partial charge in [-0.3, -0.25) is 9.59 Å². The number of hydrogen-bond donors (Lipinski definition) is 2. The molecule has 0 saturated heterocycles. The van der Waals surface area contributed by atoms with Crippen LogP contribution in [0.4, 0.5) is 5.69 Å². The van der Waals surface area contributed by atoms with Gasteiger partial charge in [0.2, 0.25) is 11.8 Å². The predicted octanol–water partition coefficient (Wildman–Crippen LogP) is 1.80. The van der Waals surface area contributed by atoms with Gasteiger partial charge in [-0.05, 0) is 12.1 Å². The summed E-state index contributed by atoms with van der Waals surface area (Å²) in [5.41, 5.74) is 0.0741. The molecule has 1 aromatic rings. The molecule has 0 aliphatic carbocycles. The van der Waals surface area contributed by atoms with Gasteiger partial charge >= 0.3 is 0 Å². The Morgan fingerprint density at radius 2 is 1.84 bits per heavy atom. The van der Waals surface area contributed by atoms with Gasteiger partial charge in [0.05, 0.1) is 19.3 Å². The Labute approximate surface area is 113 Å². The van der Waals surface area contributed by atoms with Crippen molar-refractivity contribution in [1.82, 2.24) is 5.32 Å². The molecule has 2 N–H and O–H groups in total. The molecule has 0 saturated carbocycles. The van der Waals surface area contributed by atoms with Crippen LogP contribution in [0.3, 0.4) is 0 Å². The highest BCUT2D eigenvalue weighted by Crippen LogP contribution is 2.22. The fraction of sp³-hybridized carbons (Fsp3) is 0.429. The zero-order valence-corrected chi connectivity index (χ0v) is 11.7. The van der Waals surface area contributed by atoms with Crippen LogP contribution in [0, 0.1) is 5.41 Å². The van der Waals surface area contributed by atoms with Crippen molar-refractivity contribution in [2.75, 3.05) is 19.0 Å². The summed E-state index contributed by atoms with van der Waals surface area (Å²) in [4.78, 5) is 23.4. The molecule has 0 atom stereocenters.